The molecule has 0 bridgehead atoms. The Morgan fingerprint density at radius 2 is 1.78 bits per heavy atom. The van der Waals surface area contributed by atoms with Crippen LogP contribution in [0.5, 0.6) is 0 Å². The van der Waals surface area contributed by atoms with E-state index in [4.69, 9.17) is 9.47 Å². The molecule has 2 aliphatic rings. The summed E-state index contributed by atoms with van der Waals surface area (Å²) in [6.07, 6.45) is -2.27. The van der Waals surface area contributed by atoms with Gasteiger partial charge in [0.1, 0.15) is 16.5 Å². The Kier molecular flexibility index (Phi) is 6.44. The van der Waals surface area contributed by atoms with E-state index in [0.717, 1.165) is 6.07 Å². The second kappa shape index (κ2) is 8.70. The number of carbonyl (C=O) groups is 1. The Balaban J connectivity index is 1.62. The number of benzene rings is 1. The zero-order valence-corrected chi connectivity index (χ0v) is 20.6. The van der Waals surface area contributed by atoms with Crippen LogP contribution < -0.4 is 10.6 Å². The van der Waals surface area contributed by atoms with Crippen LogP contribution in [0, 0.1) is 6.92 Å². The van der Waals surface area contributed by atoms with Gasteiger partial charge in [-0.05, 0) is 31.5 Å². The molecule has 1 aromatic heterocycles. The monoisotopic (exact) mass is 558 g/mol. The van der Waals surface area contributed by atoms with Gasteiger partial charge in [-0.2, -0.15) is 0 Å². The van der Waals surface area contributed by atoms with E-state index >= 15 is 0 Å². The molecule has 7 nitrogen and oxygen atoms in total. The molecule has 1 aromatic carbocycles. The van der Waals surface area contributed by atoms with E-state index in [0.29, 0.717) is 12.1 Å². The van der Waals surface area contributed by atoms with Gasteiger partial charge in [-0.25, -0.2) is 18.7 Å². The van der Waals surface area contributed by atoms with E-state index in [1.807, 2.05) is 0 Å². The number of nitrogens with one attached hydrogen (secondary N) is 2. The summed E-state index contributed by atoms with van der Waals surface area (Å²) < 4.78 is 104. The van der Waals surface area contributed by atoms with Gasteiger partial charge in [-0.3, -0.25) is 4.79 Å². The molecule has 206 valence electrons. The lowest BCUT2D eigenvalue weighted by molar-refractivity contribution is -0.128. The summed E-state index contributed by atoms with van der Waals surface area (Å²) in [5.74, 6) is -3.12. The largest absolute Gasteiger partial charge is 0.363 e. The summed E-state index contributed by atoms with van der Waals surface area (Å²) >= 11 is 0. The van der Waals surface area contributed by atoms with Crippen molar-refractivity contribution in [1.29, 1.82) is 0 Å². The number of hydrogen-bond acceptors (Lipinski definition) is 6. The molecule has 1 amide bonds. The number of nitrogens with zero attached hydrogens (tertiary/aromatic N) is 2. The fourth-order valence-electron chi connectivity index (χ4n) is 4.16. The average molecular weight is 559 g/mol. The SMILES string of the molecule is Cc1nc(CC(=O)NC2CC(F)(F)C2)c(C2OCCO2)c(NC(C)c2cccc(S(F)(F)(F)(F)F)c2)n1. The summed E-state index contributed by atoms with van der Waals surface area (Å²) in [5.41, 5.74) is 0.276. The minimum absolute atomic E-state index is 0.0719. The first-order valence-corrected chi connectivity index (χ1v) is 13.2. The Hall–Kier alpha value is -2.65. The van der Waals surface area contributed by atoms with Crippen molar-refractivity contribution in [2.24, 2.45) is 0 Å². The van der Waals surface area contributed by atoms with Crippen molar-refractivity contribution in [2.75, 3.05) is 18.5 Å². The highest BCUT2D eigenvalue weighted by Gasteiger charge is 2.65. The molecule has 2 fully saturated rings. The molecule has 1 saturated carbocycles. The van der Waals surface area contributed by atoms with Crippen LogP contribution >= 0.6 is 10.2 Å². The molecule has 1 unspecified atom stereocenters. The third-order valence-corrected chi connectivity index (χ3v) is 7.08. The summed E-state index contributed by atoms with van der Waals surface area (Å²) in [7, 11) is -9.90. The van der Waals surface area contributed by atoms with Crippen molar-refractivity contribution in [3.05, 3.63) is 46.9 Å². The topological polar surface area (TPSA) is 85.4 Å². The molecule has 0 radical (unpaired) electrons. The molecule has 1 aliphatic carbocycles. The molecule has 2 N–H and O–H groups in total. The highest BCUT2D eigenvalue weighted by Crippen LogP contribution is 3.02. The van der Waals surface area contributed by atoms with Crippen molar-refractivity contribution in [1.82, 2.24) is 15.3 Å². The van der Waals surface area contributed by atoms with E-state index in [2.05, 4.69) is 20.6 Å². The molecule has 15 heteroatoms. The maximum Gasteiger partial charge on any atom is 0.310 e. The van der Waals surface area contributed by atoms with Gasteiger partial charge in [0.05, 0.1) is 30.9 Å². The number of alkyl halides is 2. The Labute approximate surface area is 207 Å². The first-order chi connectivity index (χ1) is 16.9. The van der Waals surface area contributed by atoms with E-state index in [9.17, 15) is 33.0 Å². The van der Waals surface area contributed by atoms with Crippen LogP contribution in [0.3, 0.4) is 0 Å². The van der Waals surface area contributed by atoms with Gasteiger partial charge < -0.3 is 20.1 Å². The number of amides is 1. The van der Waals surface area contributed by atoms with E-state index in [1.165, 1.54) is 19.9 Å². The Bertz CT molecular complexity index is 1200. The second-order valence-corrected chi connectivity index (χ2v) is 11.6. The van der Waals surface area contributed by atoms with Crippen LogP contribution in [0.4, 0.5) is 34.0 Å². The fourth-order valence-corrected chi connectivity index (χ4v) is 4.86. The molecule has 4 rings (SSSR count). The minimum atomic E-state index is -9.90. The van der Waals surface area contributed by atoms with Gasteiger partial charge in [0.2, 0.25) is 5.91 Å². The van der Waals surface area contributed by atoms with Crippen LogP contribution in [0.25, 0.3) is 0 Å². The zero-order valence-electron chi connectivity index (χ0n) is 19.8. The van der Waals surface area contributed by atoms with Crippen molar-refractivity contribution < 1.29 is 42.5 Å². The minimum Gasteiger partial charge on any atom is -0.363 e. The van der Waals surface area contributed by atoms with E-state index < -0.39 is 58.2 Å². The standard InChI is InChI=1S/C22H25F7N4O3S/c1-12(14-4-3-5-16(8-14)37(25,26,27,28)29)30-20-19(21-35-6-7-36-21)17(31-13(2)32-20)9-18(34)33-15-10-22(23,24)11-15/h3-5,8,12,15,21H,6-7,9-11H2,1-2H3,(H,33,34)(H,30,31,32). The highest BCUT2D eigenvalue weighted by atomic mass is 32.5. The fraction of sp³-hybridized carbons (Fsp3) is 0.500. The maximum atomic E-state index is 13.3. The zero-order chi connectivity index (χ0) is 27.3. The lowest BCUT2D eigenvalue weighted by atomic mass is 9.88. The van der Waals surface area contributed by atoms with Gasteiger partial charge >= 0.3 is 10.2 Å². The predicted molar refractivity (Wildman–Crippen MR) is 121 cm³/mol. The summed E-state index contributed by atoms with van der Waals surface area (Å²) in [6, 6.07) is 1.21. The number of hydrogen-bond donors (Lipinski definition) is 2. The van der Waals surface area contributed by atoms with E-state index in [1.54, 1.807) is 0 Å². The molecule has 37 heavy (non-hydrogen) atoms. The normalized spacial score (nSPS) is 21.0. The Morgan fingerprint density at radius 1 is 1.14 bits per heavy atom. The average Bonchev–Trinajstić information content (AvgIpc) is 3.25. The smallest absolute Gasteiger partial charge is 0.310 e. The van der Waals surface area contributed by atoms with Crippen molar-refractivity contribution >= 4 is 21.9 Å². The molecule has 1 atom stereocenters. The van der Waals surface area contributed by atoms with Gasteiger partial charge in [0.25, 0.3) is 5.92 Å². The van der Waals surface area contributed by atoms with Gasteiger partial charge in [-0.1, -0.05) is 31.6 Å². The lowest BCUT2D eigenvalue weighted by Crippen LogP contribution is -2.50. The van der Waals surface area contributed by atoms with Crippen LogP contribution in [0.1, 0.15) is 54.7 Å². The highest BCUT2D eigenvalue weighted by molar-refractivity contribution is 8.45. The van der Waals surface area contributed by atoms with Crippen LogP contribution in [-0.2, 0) is 20.7 Å². The van der Waals surface area contributed by atoms with Gasteiger partial charge in [0, 0.05) is 24.9 Å². The third-order valence-electron chi connectivity index (χ3n) is 5.93. The number of aromatic nitrogens is 2. The van der Waals surface area contributed by atoms with Crippen LogP contribution in [-0.4, -0.2) is 41.1 Å². The second-order valence-electron chi connectivity index (χ2n) is 9.17. The molecular formula is C22H25F7N4O3S. The van der Waals surface area contributed by atoms with Gasteiger partial charge in [0.15, 0.2) is 6.29 Å². The molecule has 2 heterocycles. The van der Waals surface area contributed by atoms with Crippen molar-refractivity contribution in [2.45, 2.75) is 62.3 Å². The van der Waals surface area contributed by atoms with E-state index in [-0.39, 0.29) is 48.1 Å². The number of aryl methyl sites for hydroxylation is 1. The van der Waals surface area contributed by atoms with Crippen LogP contribution in [0.15, 0.2) is 29.2 Å². The molecular weight excluding hydrogens is 533 g/mol. The van der Waals surface area contributed by atoms with Crippen molar-refractivity contribution in [3.63, 3.8) is 0 Å². The summed E-state index contributed by atoms with van der Waals surface area (Å²) in [6.45, 7) is 3.38. The molecule has 2 aromatic rings. The number of carbonyl (C=O) groups excluding carboxylic acids is 1. The number of anilines is 1. The maximum absolute atomic E-state index is 13.3. The first kappa shape index (κ1) is 27.4. The van der Waals surface area contributed by atoms with Crippen LogP contribution in [0.2, 0.25) is 0 Å². The van der Waals surface area contributed by atoms with Crippen molar-refractivity contribution in [3.8, 4) is 0 Å². The third kappa shape index (κ3) is 6.62. The number of rotatable bonds is 8. The number of ether oxygens (including phenoxy) is 2. The molecule has 1 saturated heterocycles. The number of halogens is 7. The Morgan fingerprint density at radius 3 is 2.38 bits per heavy atom. The lowest BCUT2D eigenvalue weighted by Gasteiger charge is -2.40. The first-order valence-electron chi connectivity index (χ1n) is 11.3. The molecule has 0 spiro atoms. The summed E-state index contributed by atoms with van der Waals surface area (Å²) in [4.78, 5) is 19.1. The molecule has 1 aliphatic heterocycles. The summed E-state index contributed by atoms with van der Waals surface area (Å²) in [5, 5.41) is 5.41. The van der Waals surface area contributed by atoms with Gasteiger partial charge in [-0.15, -0.1) is 0 Å². The predicted octanol–water partition coefficient (Wildman–Crippen LogP) is 6.12. The quantitative estimate of drug-likeness (QED) is 0.380.